The summed E-state index contributed by atoms with van der Waals surface area (Å²) in [5, 5.41) is 12.8. The number of nitrogens with zero attached hydrogens (tertiary/aromatic N) is 3. The number of carbonyl (C=O) groups excluding carboxylic acids is 2. The molecule has 7 heteroatoms. The molecule has 0 radical (unpaired) electrons. The number of aliphatic hydroxyl groups is 1. The average molecular weight is 394 g/mol. The molecule has 2 aliphatic rings. The van der Waals surface area contributed by atoms with Gasteiger partial charge in [0.1, 0.15) is 6.54 Å². The predicted octanol–water partition coefficient (Wildman–Crippen LogP) is 1.84. The summed E-state index contributed by atoms with van der Waals surface area (Å²) in [6.45, 7) is 3.05. The van der Waals surface area contributed by atoms with E-state index in [2.05, 4.69) is 34.6 Å². The molecule has 0 unspecified atom stereocenters. The van der Waals surface area contributed by atoms with Crippen LogP contribution in [0, 0.1) is 0 Å². The summed E-state index contributed by atoms with van der Waals surface area (Å²) in [5.41, 5.74) is 3.26. The van der Waals surface area contributed by atoms with E-state index < -0.39 is 0 Å². The van der Waals surface area contributed by atoms with Crippen molar-refractivity contribution in [2.75, 3.05) is 26.2 Å². The number of nitrogens with one attached hydrogen (secondary N) is 1. The van der Waals surface area contributed by atoms with Crippen molar-refractivity contribution in [1.82, 2.24) is 20.1 Å². The second-order valence-corrected chi connectivity index (χ2v) is 7.61. The molecule has 0 saturated carbocycles. The average Bonchev–Trinajstić information content (AvgIpc) is 2.74. The van der Waals surface area contributed by atoms with Crippen LogP contribution in [0.4, 0.5) is 4.79 Å². The van der Waals surface area contributed by atoms with Crippen LogP contribution < -0.4 is 5.32 Å². The predicted molar refractivity (Wildman–Crippen MR) is 109 cm³/mol. The fraction of sp³-hybridized carbons (Fsp3) is 0.409. The molecule has 4 rings (SSSR count). The van der Waals surface area contributed by atoms with Crippen molar-refractivity contribution in [2.24, 2.45) is 0 Å². The van der Waals surface area contributed by atoms with E-state index in [1.54, 1.807) is 22.2 Å². The number of carbonyl (C=O) groups is 2. The molecule has 0 spiro atoms. The van der Waals surface area contributed by atoms with Crippen LogP contribution in [0.2, 0.25) is 0 Å². The number of benzene rings is 1. The summed E-state index contributed by atoms with van der Waals surface area (Å²) in [7, 11) is 0. The first kappa shape index (κ1) is 19.4. The molecule has 152 valence electrons. The van der Waals surface area contributed by atoms with Gasteiger partial charge in [-0.2, -0.15) is 0 Å². The van der Waals surface area contributed by atoms with Crippen LogP contribution in [0.25, 0.3) is 11.1 Å². The van der Waals surface area contributed by atoms with E-state index in [9.17, 15) is 14.7 Å². The zero-order valence-corrected chi connectivity index (χ0v) is 16.5. The lowest BCUT2D eigenvalue weighted by molar-refractivity contribution is -0.159. The van der Waals surface area contributed by atoms with Crippen LogP contribution in [0.3, 0.4) is 0 Å². The number of pyridine rings is 1. The highest BCUT2D eigenvalue weighted by Gasteiger charge is 2.54. The summed E-state index contributed by atoms with van der Waals surface area (Å²) in [4.78, 5) is 32.4. The molecule has 2 N–H and O–H groups in total. The van der Waals surface area contributed by atoms with Crippen LogP contribution in [-0.4, -0.2) is 70.2 Å². The van der Waals surface area contributed by atoms with E-state index in [1.165, 1.54) is 0 Å². The molecule has 3 amide bonds. The fourth-order valence-electron chi connectivity index (χ4n) is 4.44. The molecular weight excluding hydrogens is 368 g/mol. The zero-order valence-electron chi connectivity index (χ0n) is 16.5. The first-order chi connectivity index (χ1) is 14.1. The number of hydrogen-bond acceptors (Lipinski definition) is 4. The van der Waals surface area contributed by atoms with Gasteiger partial charge in [-0.3, -0.25) is 9.78 Å². The number of aliphatic hydroxyl groups excluding tert-OH is 1. The first-order valence-corrected chi connectivity index (χ1v) is 10.1. The lowest BCUT2D eigenvalue weighted by Crippen LogP contribution is -2.73. The van der Waals surface area contributed by atoms with E-state index in [0.29, 0.717) is 13.1 Å². The third kappa shape index (κ3) is 3.58. The molecule has 2 aliphatic heterocycles. The Morgan fingerprint density at radius 2 is 1.86 bits per heavy atom. The number of aromatic nitrogens is 1. The van der Waals surface area contributed by atoms with Gasteiger partial charge in [-0.25, -0.2) is 4.79 Å². The maximum atomic E-state index is 12.6. The van der Waals surface area contributed by atoms with E-state index in [-0.39, 0.29) is 43.1 Å². The van der Waals surface area contributed by atoms with Crippen molar-refractivity contribution in [3.05, 3.63) is 54.4 Å². The van der Waals surface area contributed by atoms with Crippen LogP contribution in [0.5, 0.6) is 0 Å². The number of rotatable bonds is 5. The Labute approximate surface area is 170 Å². The third-order valence-corrected chi connectivity index (χ3v) is 5.87. The van der Waals surface area contributed by atoms with Crippen molar-refractivity contribution < 1.29 is 14.7 Å². The minimum absolute atomic E-state index is 0.0113. The molecular formula is C22H26N4O3. The quantitative estimate of drug-likeness (QED) is 0.810. The molecule has 0 bridgehead atoms. The maximum Gasteiger partial charge on any atom is 0.317 e. The maximum absolute atomic E-state index is 12.6. The second kappa shape index (κ2) is 8.21. The number of piperazine rings is 1. The SMILES string of the molecule is CCCNC(=O)N1CC(=O)N2[C@H](CO)[C@H](c3ccc(-c4ccncc4)cc3)[C@@H]2C1. The van der Waals surface area contributed by atoms with Gasteiger partial charge in [0.25, 0.3) is 0 Å². The van der Waals surface area contributed by atoms with E-state index >= 15 is 0 Å². The van der Waals surface area contributed by atoms with Crippen LogP contribution >= 0.6 is 0 Å². The number of hydrogen-bond donors (Lipinski definition) is 2. The zero-order chi connectivity index (χ0) is 20.4. The largest absolute Gasteiger partial charge is 0.394 e. The van der Waals surface area contributed by atoms with E-state index in [4.69, 9.17) is 0 Å². The fourth-order valence-corrected chi connectivity index (χ4v) is 4.44. The molecule has 2 fully saturated rings. The van der Waals surface area contributed by atoms with Crippen molar-refractivity contribution >= 4 is 11.9 Å². The standard InChI is InChI=1S/C22H26N4O3/c1-2-9-24-22(29)25-12-18-21(19(14-27)26(18)20(28)13-25)17-5-3-15(4-6-17)16-7-10-23-11-8-16/h3-8,10-11,18-19,21,27H,2,9,12-14H2,1H3,(H,24,29)/t18-,19+,21+/m0/s1. The Balaban J connectivity index is 1.53. The minimum Gasteiger partial charge on any atom is -0.394 e. The van der Waals surface area contributed by atoms with Crippen LogP contribution in [0.15, 0.2) is 48.8 Å². The Bertz CT molecular complexity index is 871. The van der Waals surface area contributed by atoms with E-state index in [1.807, 2.05) is 19.1 Å². The molecule has 1 aromatic heterocycles. The normalized spacial score (nSPS) is 23.4. The number of amides is 3. The number of fused-ring (bicyclic) bond motifs is 1. The summed E-state index contributed by atoms with van der Waals surface area (Å²) in [6.07, 6.45) is 4.38. The van der Waals surface area contributed by atoms with Gasteiger partial charge >= 0.3 is 6.03 Å². The summed E-state index contributed by atoms with van der Waals surface area (Å²) in [5.74, 6) is -0.0891. The van der Waals surface area contributed by atoms with Gasteiger partial charge in [0.15, 0.2) is 0 Å². The molecule has 3 atom stereocenters. The Morgan fingerprint density at radius 3 is 2.52 bits per heavy atom. The van der Waals surface area contributed by atoms with Gasteiger partial charge in [-0.05, 0) is 35.2 Å². The highest BCUT2D eigenvalue weighted by molar-refractivity contribution is 5.87. The molecule has 7 nitrogen and oxygen atoms in total. The van der Waals surface area contributed by atoms with Crippen LogP contribution in [-0.2, 0) is 4.79 Å². The molecule has 3 heterocycles. The van der Waals surface area contributed by atoms with Gasteiger partial charge in [0.05, 0.1) is 18.7 Å². The van der Waals surface area contributed by atoms with Gasteiger partial charge in [-0.1, -0.05) is 31.2 Å². The van der Waals surface area contributed by atoms with Crippen molar-refractivity contribution in [1.29, 1.82) is 0 Å². The highest BCUT2D eigenvalue weighted by atomic mass is 16.3. The topological polar surface area (TPSA) is 85.8 Å². The van der Waals surface area contributed by atoms with Crippen molar-refractivity contribution in [3.63, 3.8) is 0 Å². The van der Waals surface area contributed by atoms with Crippen LogP contribution in [0.1, 0.15) is 24.8 Å². The lowest BCUT2D eigenvalue weighted by atomic mass is 9.73. The molecule has 2 aromatic rings. The smallest absolute Gasteiger partial charge is 0.317 e. The molecule has 2 saturated heterocycles. The molecule has 0 aliphatic carbocycles. The van der Waals surface area contributed by atoms with Crippen molar-refractivity contribution in [2.45, 2.75) is 31.3 Å². The highest BCUT2D eigenvalue weighted by Crippen LogP contribution is 2.43. The monoisotopic (exact) mass is 394 g/mol. The Kier molecular flexibility index (Phi) is 5.49. The van der Waals surface area contributed by atoms with Crippen molar-refractivity contribution in [3.8, 4) is 11.1 Å². The molecule has 29 heavy (non-hydrogen) atoms. The van der Waals surface area contributed by atoms with Gasteiger partial charge in [0, 0.05) is 31.4 Å². The lowest BCUT2D eigenvalue weighted by Gasteiger charge is -2.58. The first-order valence-electron chi connectivity index (χ1n) is 10.1. The van der Waals surface area contributed by atoms with Gasteiger partial charge < -0.3 is 20.2 Å². The third-order valence-electron chi connectivity index (χ3n) is 5.87. The summed E-state index contributed by atoms with van der Waals surface area (Å²) < 4.78 is 0. The van der Waals surface area contributed by atoms with Gasteiger partial charge in [-0.15, -0.1) is 0 Å². The number of urea groups is 1. The van der Waals surface area contributed by atoms with Gasteiger partial charge in [0.2, 0.25) is 5.91 Å². The summed E-state index contributed by atoms with van der Waals surface area (Å²) >= 11 is 0. The van der Waals surface area contributed by atoms with E-state index in [0.717, 1.165) is 23.1 Å². The Morgan fingerprint density at radius 1 is 1.17 bits per heavy atom. The molecule has 1 aromatic carbocycles. The Hall–Kier alpha value is -2.93. The minimum atomic E-state index is -0.236. The summed E-state index contributed by atoms with van der Waals surface area (Å²) in [6, 6.07) is 11.6. The second-order valence-electron chi connectivity index (χ2n) is 7.61.